The molecular formula is C23H27FO. The topological polar surface area (TPSA) is 9.23 Å². The van der Waals surface area contributed by atoms with Gasteiger partial charge in [-0.15, -0.1) is 0 Å². The Morgan fingerprint density at radius 2 is 1.52 bits per heavy atom. The first kappa shape index (κ1) is 17.9. The monoisotopic (exact) mass is 338 g/mol. The van der Waals surface area contributed by atoms with E-state index in [0.717, 1.165) is 6.42 Å². The minimum absolute atomic E-state index is 0.656. The van der Waals surface area contributed by atoms with Crippen LogP contribution in [0.25, 0.3) is 11.1 Å². The van der Waals surface area contributed by atoms with Gasteiger partial charge in [0.15, 0.2) is 0 Å². The lowest BCUT2D eigenvalue weighted by Gasteiger charge is -2.28. The van der Waals surface area contributed by atoms with Gasteiger partial charge >= 0.3 is 0 Å². The predicted molar refractivity (Wildman–Crippen MR) is 102 cm³/mol. The third kappa shape index (κ3) is 4.79. The van der Waals surface area contributed by atoms with E-state index in [9.17, 15) is 4.39 Å². The Morgan fingerprint density at radius 3 is 2.08 bits per heavy atom. The molecule has 0 saturated heterocycles. The van der Waals surface area contributed by atoms with Crippen molar-refractivity contribution in [1.29, 1.82) is 0 Å². The standard InChI is InChI=1S/C23H27FO/c1-25-17-19-6-10-21(11-7-19)23-14-12-22(13-15-23)20-8-4-18(5-9-20)3-2-16-24/h2,6-7,10-16,18,20H,3-5,8-9,17H2,1H3/b16-2+/t18-,20-. The lowest BCUT2D eigenvalue weighted by molar-refractivity contribution is 0.185. The van der Waals surface area contributed by atoms with Crippen LogP contribution in [0.15, 0.2) is 60.9 Å². The van der Waals surface area contributed by atoms with Crippen LogP contribution in [0.3, 0.4) is 0 Å². The minimum atomic E-state index is 0.656. The highest BCUT2D eigenvalue weighted by Gasteiger charge is 2.21. The Morgan fingerprint density at radius 1 is 0.920 bits per heavy atom. The van der Waals surface area contributed by atoms with E-state index in [1.54, 1.807) is 13.2 Å². The van der Waals surface area contributed by atoms with Crippen molar-refractivity contribution < 1.29 is 9.13 Å². The van der Waals surface area contributed by atoms with E-state index in [1.165, 1.54) is 47.9 Å². The van der Waals surface area contributed by atoms with Gasteiger partial charge in [0.05, 0.1) is 12.9 Å². The zero-order chi connectivity index (χ0) is 17.5. The van der Waals surface area contributed by atoms with E-state index in [2.05, 4.69) is 48.5 Å². The molecule has 0 atom stereocenters. The van der Waals surface area contributed by atoms with Crippen LogP contribution in [0.5, 0.6) is 0 Å². The third-order valence-corrected chi connectivity index (χ3v) is 5.39. The zero-order valence-corrected chi connectivity index (χ0v) is 15.0. The summed E-state index contributed by atoms with van der Waals surface area (Å²) in [7, 11) is 1.72. The molecule has 0 radical (unpaired) electrons. The van der Waals surface area contributed by atoms with E-state index in [0.29, 0.717) is 24.8 Å². The van der Waals surface area contributed by atoms with Gasteiger partial charge in [-0.1, -0.05) is 54.6 Å². The molecule has 132 valence electrons. The number of hydrogen-bond donors (Lipinski definition) is 0. The van der Waals surface area contributed by atoms with Crippen LogP contribution in [0, 0.1) is 5.92 Å². The molecule has 0 amide bonds. The van der Waals surface area contributed by atoms with Gasteiger partial charge in [-0.2, -0.15) is 0 Å². The van der Waals surface area contributed by atoms with Gasteiger partial charge < -0.3 is 4.74 Å². The summed E-state index contributed by atoms with van der Waals surface area (Å²) in [5.41, 5.74) is 5.14. The van der Waals surface area contributed by atoms with Crippen molar-refractivity contribution in [3.8, 4) is 11.1 Å². The van der Waals surface area contributed by atoms with Crippen molar-refractivity contribution in [2.45, 2.75) is 44.6 Å². The van der Waals surface area contributed by atoms with Gasteiger partial charge in [-0.05, 0) is 66.2 Å². The molecule has 3 rings (SSSR count). The quantitative estimate of drug-likeness (QED) is 0.573. The first-order chi connectivity index (χ1) is 12.3. The number of hydrogen-bond acceptors (Lipinski definition) is 1. The smallest absolute Gasteiger partial charge is 0.0827 e. The second-order valence-corrected chi connectivity index (χ2v) is 7.07. The Labute approximate surface area is 150 Å². The highest BCUT2D eigenvalue weighted by atomic mass is 19.1. The van der Waals surface area contributed by atoms with Gasteiger partial charge in [0.1, 0.15) is 0 Å². The highest BCUT2D eigenvalue weighted by Crippen LogP contribution is 2.37. The molecule has 2 aromatic carbocycles. The van der Waals surface area contributed by atoms with Crippen molar-refractivity contribution >= 4 is 0 Å². The summed E-state index contributed by atoms with van der Waals surface area (Å²) < 4.78 is 17.3. The molecule has 0 aromatic heterocycles. The van der Waals surface area contributed by atoms with E-state index in [4.69, 9.17) is 4.74 Å². The average molecular weight is 338 g/mol. The van der Waals surface area contributed by atoms with Gasteiger partial charge in [-0.3, -0.25) is 0 Å². The van der Waals surface area contributed by atoms with E-state index in [-0.39, 0.29) is 0 Å². The maximum atomic E-state index is 12.1. The molecule has 0 N–H and O–H groups in total. The number of ether oxygens (including phenoxy) is 1. The summed E-state index contributed by atoms with van der Waals surface area (Å²) in [5.74, 6) is 1.32. The van der Waals surface area contributed by atoms with Crippen molar-refractivity contribution in [2.75, 3.05) is 7.11 Å². The third-order valence-electron chi connectivity index (χ3n) is 5.39. The number of rotatable bonds is 6. The SMILES string of the molecule is COCc1ccc(-c2ccc([C@H]3CC[C@H](C/C=C/F)CC3)cc2)cc1. The molecule has 1 saturated carbocycles. The maximum Gasteiger partial charge on any atom is 0.0827 e. The Bertz CT molecular complexity index is 664. The largest absolute Gasteiger partial charge is 0.380 e. The summed E-state index contributed by atoms with van der Waals surface area (Å²) in [6, 6.07) is 17.6. The zero-order valence-electron chi connectivity index (χ0n) is 15.0. The van der Waals surface area contributed by atoms with Crippen LogP contribution in [-0.4, -0.2) is 7.11 Å². The van der Waals surface area contributed by atoms with Crippen molar-refractivity contribution in [3.05, 3.63) is 72.1 Å². The summed E-state index contributed by atoms with van der Waals surface area (Å²) in [6.45, 7) is 0.656. The van der Waals surface area contributed by atoms with Crippen molar-refractivity contribution in [3.63, 3.8) is 0 Å². The van der Waals surface area contributed by atoms with Gasteiger partial charge in [0.2, 0.25) is 0 Å². The molecule has 0 bridgehead atoms. The number of halogens is 1. The molecule has 0 spiro atoms. The molecule has 1 nitrogen and oxygen atoms in total. The molecule has 0 heterocycles. The fourth-order valence-electron chi connectivity index (χ4n) is 3.88. The van der Waals surface area contributed by atoms with Crippen molar-refractivity contribution in [1.82, 2.24) is 0 Å². The van der Waals surface area contributed by atoms with Crippen LogP contribution in [0.4, 0.5) is 4.39 Å². The molecule has 0 unspecified atom stereocenters. The van der Waals surface area contributed by atoms with Gasteiger partial charge in [0.25, 0.3) is 0 Å². The fraction of sp³-hybridized carbons (Fsp3) is 0.391. The predicted octanol–water partition coefficient (Wildman–Crippen LogP) is 6.65. The van der Waals surface area contributed by atoms with Crippen molar-refractivity contribution in [2.24, 2.45) is 5.92 Å². The summed E-state index contributed by atoms with van der Waals surface area (Å²) in [5, 5.41) is 0. The number of allylic oxidation sites excluding steroid dienone is 1. The second-order valence-electron chi connectivity index (χ2n) is 7.07. The molecule has 2 aromatic rings. The molecular weight excluding hydrogens is 311 g/mol. The first-order valence-corrected chi connectivity index (χ1v) is 9.23. The lowest BCUT2D eigenvalue weighted by Crippen LogP contribution is -2.12. The fourth-order valence-corrected chi connectivity index (χ4v) is 3.88. The normalized spacial score (nSPS) is 20.9. The van der Waals surface area contributed by atoms with Crippen LogP contribution in [0.1, 0.15) is 49.1 Å². The Balaban J connectivity index is 1.61. The number of benzene rings is 2. The second kappa shape index (κ2) is 8.96. The molecule has 1 fully saturated rings. The van der Waals surface area contributed by atoms with Gasteiger partial charge in [0, 0.05) is 7.11 Å². The van der Waals surface area contributed by atoms with Gasteiger partial charge in [-0.25, -0.2) is 4.39 Å². The average Bonchev–Trinajstić information content (AvgIpc) is 2.68. The molecule has 25 heavy (non-hydrogen) atoms. The van der Waals surface area contributed by atoms with Crippen LogP contribution in [-0.2, 0) is 11.3 Å². The van der Waals surface area contributed by atoms with E-state index in [1.807, 2.05) is 0 Å². The Hall–Kier alpha value is -1.93. The van der Waals surface area contributed by atoms with E-state index < -0.39 is 0 Å². The van der Waals surface area contributed by atoms with E-state index >= 15 is 0 Å². The minimum Gasteiger partial charge on any atom is -0.380 e. The molecule has 2 heteroatoms. The maximum absolute atomic E-state index is 12.1. The summed E-state index contributed by atoms with van der Waals surface area (Å²) in [6.07, 6.45) is 8.09. The number of methoxy groups -OCH3 is 1. The lowest BCUT2D eigenvalue weighted by atomic mass is 9.77. The molecule has 0 aliphatic heterocycles. The molecule has 1 aliphatic carbocycles. The highest BCUT2D eigenvalue weighted by molar-refractivity contribution is 5.64. The first-order valence-electron chi connectivity index (χ1n) is 9.23. The van der Waals surface area contributed by atoms with Crippen LogP contribution < -0.4 is 0 Å². The Kier molecular flexibility index (Phi) is 6.41. The summed E-state index contributed by atoms with van der Waals surface area (Å²) >= 11 is 0. The molecule has 1 aliphatic rings. The summed E-state index contributed by atoms with van der Waals surface area (Å²) in [4.78, 5) is 0. The van der Waals surface area contributed by atoms with Crippen LogP contribution in [0.2, 0.25) is 0 Å². The van der Waals surface area contributed by atoms with Crippen LogP contribution >= 0.6 is 0 Å².